The fraction of sp³-hybridized carbons (Fsp3) is 0.406. The SMILES string of the molecule is Cc1ccc2c(c1)[C@]1(C[C@H]1c1ccc3c(Nc4cnn(C)c4)nn(C(=O)OC(C)(C)C)c3c1)C(=O)N2C(=O)OC(C)(C)C. The molecule has 2 aliphatic rings. The van der Waals surface area contributed by atoms with E-state index in [1.165, 1.54) is 9.58 Å². The van der Waals surface area contributed by atoms with E-state index in [9.17, 15) is 14.4 Å². The van der Waals surface area contributed by atoms with E-state index in [0.717, 1.165) is 16.7 Å². The highest BCUT2D eigenvalue weighted by Crippen LogP contribution is 2.66. The molecule has 2 atom stereocenters. The lowest BCUT2D eigenvalue weighted by molar-refractivity contribution is -0.120. The van der Waals surface area contributed by atoms with Crippen molar-refractivity contribution in [1.29, 1.82) is 0 Å². The highest BCUT2D eigenvalue weighted by molar-refractivity contribution is 6.23. The van der Waals surface area contributed by atoms with Crippen LogP contribution in [0, 0.1) is 6.92 Å². The number of anilines is 3. The molecule has 11 heteroatoms. The van der Waals surface area contributed by atoms with E-state index in [-0.39, 0.29) is 11.8 Å². The molecular formula is C32H36N6O5. The molecule has 1 N–H and O–H groups in total. The lowest BCUT2D eigenvalue weighted by Gasteiger charge is -2.24. The van der Waals surface area contributed by atoms with Crippen molar-refractivity contribution >= 4 is 46.2 Å². The highest BCUT2D eigenvalue weighted by Gasteiger charge is 2.68. The number of aryl methyl sites for hydroxylation is 2. The van der Waals surface area contributed by atoms with Gasteiger partial charge >= 0.3 is 12.2 Å². The predicted molar refractivity (Wildman–Crippen MR) is 162 cm³/mol. The summed E-state index contributed by atoms with van der Waals surface area (Å²) in [7, 11) is 1.81. The van der Waals surface area contributed by atoms with E-state index < -0.39 is 28.8 Å². The number of benzene rings is 2. The minimum atomic E-state index is -0.903. The number of imide groups is 1. The first-order chi connectivity index (χ1) is 20.1. The molecule has 1 aliphatic heterocycles. The first kappa shape index (κ1) is 28.4. The van der Waals surface area contributed by atoms with Gasteiger partial charge in [0.15, 0.2) is 5.82 Å². The zero-order valence-electron chi connectivity index (χ0n) is 25.7. The van der Waals surface area contributed by atoms with Gasteiger partial charge < -0.3 is 14.8 Å². The summed E-state index contributed by atoms with van der Waals surface area (Å²) in [5, 5.41) is 12.7. The van der Waals surface area contributed by atoms with Gasteiger partial charge in [0.1, 0.15) is 11.2 Å². The van der Waals surface area contributed by atoms with E-state index in [2.05, 4.69) is 15.5 Å². The van der Waals surface area contributed by atoms with Crippen molar-refractivity contribution < 1.29 is 23.9 Å². The van der Waals surface area contributed by atoms with Gasteiger partial charge in [-0.3, -0.25) is 9.48 Å². The molecule has 3 heterocycles. The second-order valence-electron chi connectivity index (χ2n) is 13.4. The maximum Gasteiger partial charge on any atom is 0.435 e. The minimum absolute atomic E-state index is 0.214. The van der Waals surface area contributed by atoms with Crippen LogP contribution in [0.1, 0.15) is 70.6 Å². The highest BCUT2D eigenvalue weighted by atomic mass is 16.6. The van der Waals surface area contributed by atoms with Crippen LogP contribution in [0.25, 0.3) is 10.9 Å². The van der Waals surface area contributed by atoms with E-state index in [1.807, 2.05) is 56.6 Å². The number of hydrogen-bond acceptors (Lipinski definition) is 8. The predicted octanol–water partition coefficient (Wildman–Crippen LogP) is 6.31. The summed E-state index contributed by atoms with van der Waals surface area (Å²) in [5.74, 6) is -0.0407. The van der Waals surface area contributed by atoms with Gasteiger partial charge in [-0.1, -0.05) is 23.8 Å². The quantitative estimate of drug-likeness (QED) is 0.297. The van der Waals surface area contributed by atoms with Gasteiger partial charge in [0.25, 0.3) is 0 Å². The Kier molecular flexibility index (Phi) is 6.23. The molecule has 6 rings (SSSR count). The summed E-state index contributed by atoms with van der Waals surface area (Å²) in [6, 6.07) is 11.4. The van der Waals surface area contributed by atoms with Crippen molar-refractivity contribution in [2.45, 2.75) is 77.4 Å². The van der Waals surface area contributed by atoms with Gasteiger partial charge in [0, 0.05) is 24.5 Å². The second kappa shape index (κ2) is 9.42. The smallest absolute Gasteiger partial charge is 0.435 e. The Bertz CT molecular complexity index is 1810. The summed E-state index contributed by atoms with van der Waals surface area (Å²) < 4.78 is 14.2. The first-order valence-electron chi connectivity index (χ1n) is 14.3. The maximum absolute atomic E-state index is 14.1. The summed E-state index contributed by atoms with van der Waals surface area (Å²) >= 11 is 0. The number of carbonyl (C=O) groups excluding carboxylic acids is 3. The summed E-state index contributed by atoms with van der Waals surface area (Å²) in [4.78, 5) is 41.8. The zero-order valence-corrected chi connectivity index (χ0v) is 25.7. The van der Waals surface area contributed by atoms with Crippen LogP contribution in [0.3, 0.4) is 0 Å². The van der Waals surface area contributed by atoms with Crippen molar-refractivity contribution in [2.24, 2.45) is 7.05 Å². The Labute approximate surface area is 249 Å². The number of aromatic nitrogens is 4. The molecule has 1 spiro atoms. The van der Waals surface area contributed by atoms with Gasteiger partial charge in [-0.05, 0) is 84.2 Å². The molecular weight excluding hydrogens is 548 g/mol. The van der Waals surface area contributed by atoms with Crippen LogP contribution in [0.2, 0.25) is 0 Å². The second-order valence-corrected chi connectivity index (χ2v) is 13.4. The zero-order chi connectivity index (χ0) is 31.1. The fourth-order valence-electron chi connectivity index (χ4n) is 5.82. The Hall–Kier alpha value is -4.67. The number of carbonyl (C=O) groups is 3. The van der Waals surface area contributed by atoms with Crippen LogP contribution in [0.15, 0.2) is 48.8 Å². The topological polar surface area (TPSA) is 121 Å². The molecule has 4 aromatic rings. The number of ether oxygens (including phenoxy) is 2. The molecule has 1 saturated carbocycles. The molecule has 2 amide bonds. The summed E-state index contributed by atoms with van der Waals surface area (Å²) in [6.45, 7) is 12.7. The molecule has 0 bridgehead atoms. The number of fused-ring (bicyclic) bond motifs is 3. The van der Waals surface area contributed by atoms with Gasteiger partial charge in [-0.15, -0.1) is 5.10 Å². The third-order valence-corrected chi connectivity index (χ3v) is 7.64. The van der Waals surface area contributed by atoms with E-state index in [0.29, 0.717) is 34.5 Å². The third-order valence-electron chi connectivity index (χ3n) is 7.64. The molecule has 2 aromatic carbocycles. The lowest BCUT2D eigenvalue weighted by Crippen LogP contribution is -2.41. The molecule has 2 aromatic heterocycles. The average Bonchev–Trinajstić information content (AvgIpc) is 3.24. The number of amides is 2. The van der Waals surface area contributed by atoms with Gasteiger partial charge in [0.05, 0.1) is 28.5 Å². The van der Waals surface area contributed by atoms with E-state index in [4.69, 9.17) is 9.47 Å². The van der Waals surface area contributed by atoms with Crippen LogP contribution in [-0.2, 0) is 26.7 Å². The van der Waals surface area contributed by atoms with Crippen molar-refractivity contribution in [3.8, 4) is 0 Å². The van der Waals surface area contributed by atoms with Gasteiger partial charge in [0.2, 0.25) is 5.91 Å². The first-order valence-corrected chi connectivity index (χ1v) is 14.3. The van der Waals surface area contributed by atoms with Gasteiger partial charge in [-0.25, -0.2) is 14.5 Å². The molecule has 224 valence electrons. The summed E-state index contributed by atoms with van der Waals surface area (Å²) in [6.07, 6.45) is 2.70. The standard InChI is InChI=1S/C32H36N6O5/c1-18-9-12-24-22(13-18)32(27(39)37(24)28(40)42-30(2,3)4)15-23(32)19-10-11-21-25(14-19)38(29(41)43-31(5,6)7)35-26(21)34-20-16-33-36(8)17-20/h9-14,16-17,23H,15H2,1-8H3,(H,34,35)/t23-,32-/m0/s1. The number of rotatable bonds is 3. The molecule has 11 nitrogen and oxygen atoms in total. The normalized spacial score (nSPS) is 19.6. The van der Waals surface area contributed by atoms with E-state index >= 15 is 0 Å². The Morgan fingerprint density at radius 1 is 1.00 bits per heavy atom. The van der Waals surface area contributed by atoms with Crippen LogP contribution in [0.5, 0.6) is 0 Å². The Morgan fingerprint density at radius 2 is 1.70 bits per heavy atom. The van der Waals surface area contributed by atoms with Crippen LogP contribution >= 0.6 is 0 Å². The molecule has 1 fully saturated rings. The monoisotopic (exact) mass is 584 g/mol. The molecule has 0 saturated heterocycles. The number of nitrogens with one attached hydrogen (secondary N) is 1. The Balaban J connectivity index is 1.42. The molecule has 0 unspecified atom stereocenters. The van der Waals surface area contributed by atoms with Crippen LogP contribution in [-0.4, -0.2) is 48.9 Å². The molecule has 43 heavy (non-hydrogen) atoms. The minimum Gasteiger partial charge on any atom is -0.443 e. The van der Waals surface area contributed by atoms with E-state index in [1.54, 1.807) is 52.4 Å². The summed E-state index contributed by atoms with van der Waals surface area (Å²) in [5.41, 5.74) is 2.08. The number of hydrogen-bond donors (Lipinski definition) is 1. The van der Waals surface area contributed by atoms with Crippen LogP contribution in [0.4, 0.5) is 26.8 Å². The van der Waals surface area contributed by atoms with Crippen LogP contribution < -0.4 is 10.2 Å². The Morgan fingerprint density at radius 3 is 2.35 bits per heavy atom. The maximum atomic E-state index is 14.1. The third kappa shape index (κ3) is 4.92. The van der Waals surface area contributed by atoms with Gasteiger partial charge in [-0.2, -0.15) is 9.78 Å². The van der Waals surface area contributed by atoms with Crippen molar-refractivity contribution in [3.63, 3.8) is 0 Å². The number of nitrogens with zero attached hydrogens (tertiary/aromatic N) is 5. The fourth-order valence-corrected chi connectivity index (χ4v) is 5.82. The average molecular weight is 585 g/mol. The lowest BCUT2D eigenvalue weighted by atomic mass is 9.91. The largest absolute Gasteiger partial charge is 0.443 e. The van der Waals surface area contributed by atoms with Crippen molar-refractivity contribution in [1.82, 2.24) is 19.6 Å². The van der Waals surface area contributed by atoms with Crippen molar-refractivity contribution in [3.05, 3.63) is 65.5 Å². The van der Waals surface area contributed by atoms with Crippen molar-refractivity contribution in [2.75, 3.05) is 10.2 Å². The molecule has 1 aliphatic carbocycles. The molecule has 0 radical (unpaired) electrons.